The summed E-state index contributed by atoms with van der Waals surface area (Å²) < 4.78 is 8.56. The van der Waals surface area contributed by atoms with E-state index in [1.165, 1.54) is 24.2 Å². The molecule has 3 aromatic heterocycles. The van der Waals surface area contributed by atoms with E-state index < -0.39 is 0 Å². The van der Waals surface area contributed by atoms with Crippen molar-refractivity contribution in [3.63, 3.8) is 0 Å². The van der Waals surface area contributed by atoms with E-state index >= 15 is 0 Å². The molecule has 0 atom stereocenters. The molecule has 0 aliphatic carbocycles. The van der Waals surface area contributed by atoms with Gasteiger partial charge in [-0.25, -0.2) is 4.98 Å². The topological polar surface area (TPSA) is 43.9 Å². The normalized spacial score (nSPS) is 14.3. The van der Waals surface area contributed by atoms with Crippen LogP contribution < -0.4 is 0 Å². The van der Waals surface area contributed by atoms with Crippen molar-refractivity contribution in [1.29, 1.82) is 0 Å². The summed E-state index contributed by atoms with van der Waals surface area (Å²) in [6.07, 6.45) is 5.37. The van der Waals surface area contributed by atoms with Crippen LogP contribution in [0.4, 0.5) is 0 Å². The van der Waals surface area contributed by atoms with E-state index in [-0.39, 0.29) is 0 Å². The number of hydrogen-bond donors (Lipinski definition) is 0. The average molecular weight is 339 g/mol. The fourth-order valence-electron chi connectivity index (χ4n) is 4.22. The summed E-state index contributed by atoms with van der Waals surface area (Å²) in [5, 5.41) is 2.27. The van der Waals surface area contributed by atoms with Crippen molar-refractivity contribution in [2.75, 3.05) is 0 Å². The molecule has 0 saturated carbocycles. The van der Waals surface area contributed by atoms with Crippen LogP contribution >= 0.6 is 0 Å². The third-order valence-corrected chi connectivity index (χ3v) is 5.44. The number of nitrogens with zero attached hydrogens (tertiary/aromatic N) is 3. The van der Waals surface area contributed by atoms with Gasteiger partial charge >= 0.3 is 0 Å². The number of benzene rings is 2. The van der Waals surface area contributed by atoms with Crippen LogP contribution in [-0.2, 0) is 13.0 Å². The van der Waals surface area contributed by atoms with Crippen molar-refractivity contribution in [2.45, 2.75) is 25.8 Å². The van der Waals surface area contributed by atoms with Crippen LogP contribution in [0.15, 0.2) is 59.1 Å². The van der Waals surface area contributed by atoms with Gasteiger partial charge in [-0.05, 0) is 31.0 Å². The van der Waals surface area contributed by atoms with Crippen molar-refractivity contribution >= 4 is 33.0 Å². The molecule has 4 heterocycles. The maximum Gasteiger partial charge on any atom is 0.144 e. The molecule has 2 aromatic carbocycles. The minimum Gasteiger partial charge on any atom is -0.455 e. The van der Waals surface area contributed by atoms with E-state index in [2.05, 4.69) is 34.9 Å². The molecule has 1 aliphatic rings. The Morgan fingerprint density at radius 3 is 2.85 bits per heavy atom. The largest absolute Gasteiger partial charge is 0.455 e. The van der Waals surface area contributed by atoms with Gasteiger partial charge in [0.1, 0.15) is 28.2 Å². The average Bonchev–Trinajstić information content (AvgIpc) is 3.26. The monoisotopic (exact) mass is 339 g/mol. The van der Waals surface area contributed by atoms with Gasteiger partial charge in [0.15, 0.2) is 0 Å². The summed E-state index contributed by atoms with van der Waals surface area (Å²) in [6, 6.07) is 16.5. The van der Waals surface area contributed by atoms with Crippen LogP contribution in [0.3, 0.4) is 0 Å². The van der Waals surface area contributed by atoms with Gasteiger partial charge in [0.2, 0.25) is 0 Å². The van der Waals surface area contributed by atoms with Crippen LogP contribution in [0.25, 0.3) is 44.2 Å². The highest BCUT2D eigenvalue weighted by molar-refractivity contribution is 6.10. The Bertz CT molecular complexity index is 1300. The number of furan rings is 1. The number of fused-ring (bicyclic) bond motifs is 6. The fraction of sp³-hybridized carbons (Fsp3) is 0.182. The number of aryl methyl sites for hydroxylation is 2. The molecule has 5 aromatic rings. The smallest absolute Gasteiger partial charge is 0.144 e. The molecule has 6 rings (SSSR count). The van der Waals surface area contributed by atoms with Crippen molar-refractivity contribution in [3.05, 3.63) is 60.6 Å². The summed E-state index contributed by atoms with van der Waals surface area (Å²) in [6.45, 7) is 1.05. The van der Waals surface area contributed by atoms with Gasteiger partial charge in [-0.3, -0.25) is 4.98 Å². The van der Waals surface area contributed by atoms with Crippen LogP contribution in [0.5, 0.6) is 0 Å². The van der Waals surface area contributed by atoms with Gasteiger partial charge < -0.3 is 8.98 Å². The number of pyridine rings is 1. The molecular formula is C22H17N3O. The lowest BCUT2D eigenvalue weighted by Gasteiger charge is -2.13. The molecule has 0 radical (unpaired) electrons. The molecule has 4 nitrogen and oxygen atoms in total. The van der Waals surface area contributed by atoms with Crippen LogP contribution in [0.1, 0.15) is 18.7 Å². The van der Waals surface area contributed by atoms with E-state index in [1.54, 1.807) is 0 Å². The Hall–Kier alpha value is -3.14. The van der Waals surface area contributed by atoms with Gasteiger partial charge in [-0.2, -0.15) is 0 Å². The third-order valence-electron chi connectivity index (χ3n) is 5.44. The second-order valence-electron chi connectivity index (χ2n) is 6.94. The highest BCUT2D eigenvalue weighted by Crippen LogP contribution is 2.37. The van der Waals surface area contributed by atoms with Gasteiger partial charge in [-0.15, -0.1) is 0 Å². The summed E-state index contributed by atoms with van der Waals surface area (Å²) in [7, 11) is 0. The van der Waals surface area contributed by atoms with Crippen molar-refractivity contribution in [1.82, 2.24) is 14.5 Å². The van der Waals surface area contributed by atoms with Crippen molar-refractivity contribution in [2.24, 2.45) is 0 Å². The molecule has 126 valence electrons. The molecule has 0 saturated heterocycles. The molecule has 0 amide bonds. The summed E-state index contributed by atoms with van der Waals surface area (Å²) >= 11 is 0. The van der Waals surface area contributed by atoms with Crippen molar-refractivity contribution in [3.8, 4) is 11.3 Å². The van der Waals surface area contributed by atoms with Crippen LogP contribution in [-0.4, -0.2) is 14.5 Å². The highest BCUT2D eigenvalue weighted by Gasteiger charge is 2.20. The minimum absolute atomic E-state index is 0.889. The van der Waals surface area contributed by atoms with Crippen LogP contribution in [0, 0.1) is 0 Å². The Morgan fingerprint density at radius 1 is 0.923 bits per heavy atom. The lowest BCUT2D eigenvalue weighted by atomic mass is 10.1. The standard InChI is InChI=1S/C22H17N3O/c1-2-9-18-14(6-1)15-7-5-8-16(22(15)26-18)20-21-17(11-12-23-20)25-13-4-3-10-19(25)24-21/h1-2,5-9,11-12H,3-4,10,13H2. The van der Waals surface area contributed by atoms with E-state index in [4.69, 9.17) is 14.4 Å². The summed E-state index contributed by atoms with van der Waals surface area (Å²) in [4.78, 5) is 9.65. The third kappa shape index (κ3) is 1.84. The number of aromatic nitrogens is 3. The molecule has 0 bridgehead atoms. The van der Waals surface area contributed by atoms with Gasteiger partial charge in [-0.1, -0.05) is 30.3 Å². The second-order valence-corrected chi connectivity index (χ2v) is 6.94. The molecule has 26 heavy (non-hydrogen) atoms. The summed E-state index contributed by atoms with van der Waals surface area (Å²) in [5.74, 6) is 1.18. The predicted molar refractivity (Wildman–Crippen MR) is 103 cm³/mol. The Morgan fingerprint density at radius 2 is 1.85 bits per heavy atom. The van der Waals surface area contributed by atoms with E-state index in [9.17, 15) is 0 Å². The number of para-hydroxylation sites is 2. The number of hydrogen-bond acceptors (Lipinski definition) is 3. The maximum absolute atomic E-state index is 6.21. The van der Waals surface area contributed by atoms with Crippen LogP contribution in [0.2, 0.25) is 0 Å². The summed E-state index contributed by atoms with van der Waals surface area (Å²) in [5.41, 5.74) is 5.88. The number of imidazole rings is 1. The molecule has 0 N–H and O–H groups in total. The fourth-order valence-corrected chi connectivity index (χ4v) is 4.22. The first-order chi connectivity index (χ1) is 12.9. The quantitative estimate of drug-likeness (QED) is 0.414. The zero-order chi connectivity index (χ0) is 17.1. The first-order valence-corrected chi connectivity index (χ1v) is 9.15. The molecule has 4 heteroatoms. The lowest BCUT2D eigenvalue weighted by Crippen LogP contribution is -2.09. The van der Waals surface area contributed by atoms with Gasteiger partial charge in [0.25, 0.3) is 0 Å². The highest BCUT2D eigenvalue weighted by atomic mass is 16.3. The van der Waals surface area contributed by atoms with E-state index in [0.717, 1.165) is 51.7 Å². The lowest BCUT2D eigenvalue weighted by molar-refractivity contribution is 0.533. The molecule has 0 fully saturated rings. The Labute approximate surface area is 150 Å². The maximum atomic E-state index is 6.21. The first kappa shape index (κ1) is 14.1. The molecule has 0 unspecified atom stereocenters. The zero-order valence-electron chi connectivity index (χ0n) is 14.3. The zero-order valence-corrected chi connectivity index (χ0v) is 14.3. The molecular weight excluding hydrogens is 322 g/mol. The van der Waals surface area contributed by atoms with Gasteiger partial charge in [0.05, 0.1) is 5.52 Å². The number of rotatable bonds is 1. The first-order valence-electron chi connectivity index (χ1n) is 9.15. The Balaban J connectivity index is 1.70. The Kier molecular flexibility index (Phi) is 2.80. The van der Waals surface area contributed by atoms with Crippen molar-refractivity contribution < 1.29 is 4.42 Å². The van der Waals surface area contributed by atoms with E-state index in [0.29, 0.717) is 0 Å². The SMILES string of the molecule is c1ccc2c(c1)oc1c(-c3nccc4c3nc3n4CCCC3)cccc12. The second kappa shape index (κ2) is 5.18. The molecule has 0 spiro atoms. The predicted octanol–water partition coefficient (Wildman–Crippen LogP) is 5.33. The minimum atomic E-state index is 0.889. The molecule has 1 aliphatic heterocycles. The van der Waals surface area contributed by atoms with E-state index in [1.807, 2.05) is 24.4 Å². The van der Waals surface area contributed by atoms with Gasteiger partial charge in [0, 0.05) is 35.5 Å².